The van der Waals surface area contributed by atoms with E-state index in [1.807, 2.05) is 0 Å². The molecule has 3 nitrogen and oxygen atoms in total. The third-order valence-electron chi connectivity index (χ3n) is 4.02. The van der Waals surface area contributed by atoms with Gasteiger partial charge in [0.15, 0.2) is 0 Å². The molecule has 0 saturated heterocycles. The number of rotatable bonds is 7. The molecule has 3 heteroatoms. The van der Waals surface area contributed by atoms with Crippen LogP contribution in [0.5, 0.6) is 0 Å². The lowest BCUT2D eigenvalue weighted by atomic mass is 9.98. The van der Waals surface area contributed by atoms with Crippen molar-refractivity contribution in [2.24, 2.45) is 11.7 Å². The van der Waals surface area contributed by atoms with Crippen molar-refractivity contribution < 1.29 is 4.79 Å². The van der Waals surface area contributed by atoms with Crippen LogP contribution in [-0.2, 0) is 4.79 Å². The van der Waals surface area contributed by atoms with E-state index >= 15 is 0 Å². The average molecular weight is 240 g/mol. The second-order valence-corrected chi connectivity index (χ2v) is 5.50. The van der Waals surface area contributed by atoms with Gasteiger partial charge in [-0.2, -0.15) is 0 Å². The van der Waals surface area contributed by atoms with Gasteiger partial charge in [-0.15, -0.1) is 0 Å². The Bertz CT molecular complexity index is 251. The maximum atomic E-state index is 12.4. The molecule has 100 valence electrons. The summed E-state index contributed by atoms with van der Waals surface area (Å²) in [5, 5.41) is 0. The number of nitrogens with two attached hydrogens (primary N) is 1. The molecule has 0 aromatic rings. The fourth-order valence-electron chi connectivity index (χ4n) is 2.31. The van der Waals surface area contributed by atoms with Gasteiger partial charge in [-0.05, 0) is 32.1 Å². The average Bonchev–Trinajstić information content (AvgIpc) is 3.12. The number of hydrogen-bond donors (Lipinski definition) is 1. The molecule has 0 heterocycles. The third-order valence-corrected chi connectivity index (χ3v) is 4.02. The first-order valence-corrected chi connectivity index (χ1v) is 7.10. The molecule has 1 rings (SSSR count). The van der Waals surface area contributed by atoms with Crippen LogP contribution >= 0.6 is 0 Å². The molecule has 1 amide bonds. The van der Waals surface area contributed by atoms with Crippen LogP contribution in [0.15, 0.2) is 0 Å². The number of nitrogens with zero attached hydrogens (tertiary/aromatic N) is 1. The van der Waals surface area contributed by atoms with E-state index in [4.69, 9.17) is 5.73 Å². The molecule has 0 bridgehead atoms. The molecule has 0 aromatic heterocycles. The lowest BCUT2D eigenvalue weighted by Gasteiger charge is -2.35. The van der Waals surface area contributed by atoms with Gasteiger partial charge in [-0.25, -0.2) is 0 Å². The number of hydrogen-bond acceptors (Lipinski definition) is 2. The fourth-order valence-corrected chi connectivity index (χ4v) is 2.31. The van der Waals surface area contributed by atoms with Gasteiger partial charge < -0.3 is 10.6 Å². The highest BCUT2D eigenvalue weighted by atomic mass is 16.2. The minimum atomic E-state index is -0.299. The molecule has 2 N–H and O–H groups in total. The summed E-state index contributed by atoms with van der Waals surface area (Å²) in [5.41, 5.74) is 5.98. The van der Waals surface area contributed by atoms with Crippen LogP contribution in [0, 0.1) is 5.92 Å². The molecule has 17 heavy (non-hydrogen) atoms. The summed E-state index contributed by atoms with van der Waals surface area (Å²) < 4.78 is 0. The Kier molecular flexibility index (Phi) is 5.44. The topological polar surface area (TPSA) is 46.3 Å². The Morgan fingerprint density at radius 2 is 1.94 bits per heavy atom. The minimum Gasteiger partial charge on any atom is -0.335 e. The molecule has 0 spiro atoms. The number of amides is 1. The highest BCUT2D eigenvalue weighted by Crippen LogP contribution is 2.32. The fraction of sp³-hybridized carbons (Fsp3) is 0.929. The van der Waals surface area contributed by atoms with Crippen molar-refractivity contribution in [2.45, 2.75) is 77.9 Å². The van der Waals surface area contributed by atoms with Crippen LogP contribution in [0.1, 0.15) is 59.8 Å². The van der Waals surface area contributed by atoms with E-state index in [2.05, 4.69) is 32.6 Å². The van der Waals surface area contributed by atoms with Gasteiger partial charge in [0.05, 0.1) is 6.04 Å². The van der Waals surface area contributed by atoms with Crippen molar-refractivity contribution in [3.8, 4) is 0 Å². The quantitative estimate of drug-likeness (QED) is 0.743. The van der Waals surface area contributed by atoms with Crippen molar-refractivity contribution >= 4 is 5.91 Å². The van der Waals surface area contributed by atoms with E-state index in [0.29, 0.717) is 18.0 Å². The molecule has 0 radical (unpaired) electrons. The zero-order chi connectivity index (χ0) is 13.0. The molecule has 3 atom stereocenters. The summed E-state index contributed by atoms with van der Waals surface area (Å²) in [6.07, 6.45) is 5.20. The molecule has 0 aliphatic heterocycles. The first-order valence-electron chi connectivity index (χ1n) is 7.10. The molecule has 1 fully saturated rings. The molecule has 0 aromatic carbocycles. The first kappa shape index (κ1) is 14.5. The van der Waals surface area contributed by atoms with Crippen LogP contribution in [0.2, 0.25) is 0 Å². The van der Waals surface area contributed by atoms with E-state index in [1.54, 1.807) is 0 Å². The molecular weight excluding hydrogens is 212 g/mol. The van der Waals surface area contributed by atoms with Crippen LogP contribution < -0.4 is 5.73 Å². The van der Waals surface area contributed by atoms with Gasteiger partial charge >= 0.3 is 0 Å². The van der Waals surface area contributed by atoms with Gasteiger partial charge in [-0.3, -0.25) is 4.79 Å². The predicted molar refractivity (Wildman–Crippen MR) is 71.7 cm³/mol. The maximum Gasteiger partial charge on any atom is 0.239 e. The largest absolute Gasteiger partial charge is 0.335 e. The van der Waals surface area contributed by atoms with E-state index in [-0.39, 0.29) is 11.9 Å². The molecule has 3 unspecified atom stereocenters. The highest BCUT2D eigenvalue weighted by Gasteiger charge is 2.38. The summed E-state index contributed by atoms with van der Waals surface area (Å²) in [5.74, 6) is 0.718. The van der Waals surface area contributed by atoms with Crippen LogP contribution in [-0.4, -0.2) is 28.9 Å². The standard InChI is InChI=1S/C14H28N2O/c1-5-7-13(15)14(17)16(12-8-9-12)11(4)10(3)6-2/h10-13H,5-9,15H2,1-4H3. The molecule has 1 aliphatic rings. The van der Waals surface area contributed by atoms with E-state index in [1.165, 1.54) is 0 Å². The SMILES string of the molecule is CCCC(N)C(=O)N(C1CC1)C(C)C(C)CC. The van der Waals surface area contributed by atoms with Crippen LogP contribution in [0.3, 0.4) is 0 Å². The van der Waals surface area contributed by atoms with E-state index in [0.717, 1.165) is 32.1 Å². The number of carbonyl (C=O) groups excluding carboxylic acids is 1. The molecule has 1 saturated carbocycles. The molecule has 1 aliphatic carbocycles. The lowest BCUT2D eigenvalue weighted by molar-refractivity contribution is -0.136. The highest BCUT2D eigenvalue weighted by molar-refractivity contribution is 5.82. The predicted octanol–water partition coefficient (Wildman–Crippen LogP) is 2.54. The Balaban J connectivity index is 2.68. The lowest BCUT2D eigenvalue weighted by Crippen LogP contribution is -2.50. The van der Waals surface area contributed by atoms with Gasteiger partial charge in [0, 0.05) is 12.1 Å². The monoisotopic (exact) mass is 240 g/mol. The van der Waals surface area contributed by atoms with Crippen molar-refractivity contribution in [3.63, 3.8) is 0 Å². The summed E-state index contributed by atoms with van der Waals surface area (Å²) in [6.45, 7) is 8.65. The summed E-state index contributed by atoms with van der Waals surface area (Å²) in [4.78, 5) is 14.5. The zero-order valence-corrected chi connectivity index (χ0v) is 11.8. The Morgan fingerprint density at radius 1 is 1.35 bits per heavy atom. The van der Waals surface area contributed by atoms with Crippen molar-refractivity contribution in [1.82, 2.24) is 4.90 Å². The van der Waals surface area contributed by atoms with Gasteiger partial charge in [-0.1, -0.05) is 33.6 Å². The van der Waals surface area contributed by atoms with Crippen LogP contribution in [0.4, 0.5) is 0 Å². The van der Waals surface area contributed by atoms with E-state index in [9.17, 15) is 4.79 Å². The second kappa shape index (κ2) is 6.39. The summed E-state index contributed by atoms with van der Waals surface area (Å²) in [7, 11) is 0. The first-order chi connectivity index (χ1) is 8.02. The van der Waals surface area contributed by atoms with Crippen molar-refractivity contribution in [2.75, 3.05) is 0 Å². The second-order valence-electron chi connectivity index (χ2n) is 5.50. The maximum absolute atomic E-state index is 12.4. The van der Waals surface area contributed by atoms with Crippen LogP contribution in [0.25, 0.3) is 0 Å². The Morgan fingerprint density at radius 3 is 2.35 bits per heavy atom. The summed E-state index contributed by atoms with van der Waals surface area (Å²) in [6, 6.07) is 0.490. The van der Waals surface area contributed by atoms with Gasteiger partial charge in [0.25, 0.3) is 0 Å². The zero-order valence-electron chi connectivity index (χ0n) is 11.8. The number of carbonyl (C=O) groups is 1. The minimum absolute atomic E-state index is 0.169. The van der Waals surface area contributed by atoms with E-state index < -0.39 is 0 Å². The summed E-state index contributed by atoms with van der Waals surface area (Å²) >= 11 is 0. The molecular formula is C14H28N2O. The Hall–Kier alpha value is -0.570. The van der Waals surface area contributed by atoms with Gasteiger partial charge in [0.2, 0.25) is 5.91 Å². The van der Waals surface area contributed by atoms with Gasteiger partial charge in [0.1, 0.15) is 0 Å². The Labute approximate surface area is 106 Å². The van der Waals surface area contributed by atoms with Crippen molar-refractivity contribution in [3.05, 3.63) is 0 Å². The smallest absolute Gasteiger partial charge is 0.239 e. The third kappa shape index (κ3) is 3.70. The normalized spacial score (nSPS) is 20.8. The van der Waals surface area contributed by atoms with Crippen molar-refractivity contribution in [1.29, 1.82) is 0 Å².